The Morgan fingerprint density at radius 3 is 1.27 bits per heavy atom. The van der Waals surface area contributed by atoms with E-state index in [2.05, 4.69) is 139 Å². The van der Waals surface area contributed by atoms with Crippen LogP contribution in [0.2, 0.25) is 0 Å². The van der Waals surface area contributed by atoms with Crippen molar-refractivity contribution in [1.29, 1.82) is 0 Å². The molecule has 2 nitrogen and oxygen atoms in total. The minimum Gasteiger partial charge on any atom is -0.220 e. The summed E-state index contributed by atoms with van der Waals surface area (Å²) in [6, 6.07) is 41.7. The average Bonchev–Trinajstić information content (AvgIpc) is 3.42. The predicted octanol–water partition coefficient (Wildman–Crippen LogP) is 5.86. The van der Waals surface area contributed by atoms with Gasteiger partial charge in [0.25, 0.3) is 0 Å². The summed E-state index contributed by atoms with van der Waals surface area (Å²) in [5, 5.41) is 4.56. The lowest BCUT2D eigenvalue weighted by atomic mass is 9.64. The summed E-state index contributed by atoms with van der Waals surface area (Å²) >= 11 is 0. The fourth-order valence-electron chi connectivity index (χ4n) is 4.86. The summed E-state index contributed by atoms with van der Waals surface area (Å²) in [5.41, 5.74) is 6.11. The van der Waals surface area contributed by atoms with Gasteiger partial charge in [0, 0.05) is 14.1 Å². The molecule has 1 aliphatic heterocycles. The monoisotopic (exact) mass is 390 g/mol. The van der Waals surface area contributed by atoms with Crippen molar-refractivity contribution in [3.8, 4) is 0 Å². The van der Waals surface area contributed by atoms with Gasteiger partial charge in [-0.1, -0.05) is 115 Å². The SMILES string of the molecule is CN1C(c2ccccc2C(c2ccccc2)(c2ccccc2)c2ccccc2)N1C. The van der Waals surface area contributed by atoms with Crippen molar-refractivity contribution in [2.24, 2.45) is 0 Å². The minimum atomic E-state index is -0.398. The molecule has 1 saturated heterocycles. The molecule has 30 heavy (non-hydrogen) atoms. The second kappa shape index (κ2) is 7.56. The van der Waals surface area contributed by atoms with Crippen molar-refractivity contribution in [1.82, 2.24) is 10.0 Å². The highest BCUT2D eigenvalue weighted by Gasteiger charge is 2.46. The van der Waals surface area contributed by atoms with Gasteiger partial charge in [-0.25, -0.2) is 10.0 Å². The summed E-state index contributed by atoms with van der Waals surface area (Å²) in [6.07, 6.45) is 0.289. The second-order valence-electron chi connectivity index (χ2n) is 7.96. The van der Waals surface area contributed by atoms with Crippen molar-refractivity contribution in [2.75, 3.05) is 14.1 Å². The lowest BCUT2D eigenvalue weighted by Gasteiger charge is -2.38. The molecule has 1 fully saturated rings. The van der Waals surface area contributed by atoms with E-state index in [0.29, 0.717) is 0 Å². The maximum Gasteiger partial charge on any atom is 0.115 e. The van der Waals surface area contributed by atoms with Gasteiger partial charge in [-0.3, -0.25) is 0 Å². The van der Waals surface area contributed by atoms with Crippen LogP contribution in [0.1, 0.15) is 34.0 Å². The molecule has 2 unspecified atom stereocenters. The van der Waals surface area contributed by atoms with Gasteiger partial charge in [-0.05, 0) is 27.8 Å². The largest absolute Gasteiger partial charge is 0.220 e. The van der Waals surface area contributed by atoms with Gasteiger partial charge in [0.05, 0.1) is 5.41 Å². The van der Waals surface area contributed by atoms with Crippen molar-refractivity contribution in [2.45, 2.75) is 11.6 Å². The number of hydrogen-bond acceptors (Lipinski definition) is 2. The smallest absolute Gasteiger partial charge is 0.115 e. The third-order valence-corrected chi connectivity index (χ3v) is 6.41. The molecule has 5 rings (SSSR count). The molecule has 0 aliphatic carbocycles. The van der Waals surface area contributed by atoms with Gasteiger partial charge in [-0.2, -0.15) is 0 Å². The van der Waals surface area contributed by atoms with Crippen LogP contribution in [0.4, 0.5) is 0 Å². The third kappa shape index (κ3) is 2.88. The Balaban J connectivity index is 1.90. The fourth-order valence-corrected chi connectivity index (χ4v) is 4.86. The van der Waals surface area contributed by atoms with E-state index in [-0.39, 0.29) is 6.17 Å². The van der Waals surface area contributed by atoms with Crippen LogP contribution >= 0.6 is 0 Å². The molecule has 4 aromatic carbocycles. The topological polar surface area (TPSA) is 6.02 Å². The van der Waals surface area contributed by atoms with Gasteiger partial charge >= 0.3 is 0 Å². The molecule has 0 N–H and O–H groups in total. The van der Waals surface area contributed by atoms with Crippen molar-refractivity contribution in [3.63, 3.8) is 0 Å². The Hall–Kier alpha value is -3.20. The summed E-state index contributed by atoms with van der Waals surface area (Å²) in [4.78, 5) is 0. The molecule has 0 aromatic heterocycles. The van der Waals surface area contributed by atoms with E-state index >= 15 is 0 Å². The fraction of sp³-hybridized carbons (Fsp3) is 0.143. The number of benzene rings is 4. The minimum absolute atomic E-state index is 0.289. The van der Waals surface area contributed by atoms with Gasteiger partial charge in [0.2, 0.25) is 0 Å². The van der Waals surface area contributed by atoms with Crippen LogP contribution in [0.5, 0.6) is 0 Å². The molecular weight excluding hydrogens is 364 g/mol. The molecule has 2 heteroatoms. The first-order chi connectivity index (χ1) is 14.7. The normalized spacial score (nSPS) is 20.7. The number of rotatable bonds is 5. The van der Waals surface area contributed by atoms with E-state index in [1.165, 1.54) is 27.8 Å². The summed E-state index contributed by atoms with van der Waals surface area (Å²) in [6.45, 7) is 0. The predicted molar refractivity (Wildman–Crippen MR) is 123 cm³/mol. The van der Waals surface area contributed by atoms with Gasteiger partial charge < -0.3 is 0 Å². The van der Waals surface area contributed by atoms with Crippen molar-refractivity contribution < 1.29 is 0 Å². The van der Waals surface area contributed by atoms with Crippen LogP contribution in [-0.2, 0) is 5.41 Å². The first-order valence-corrected chi connectivity index (χ1v) is 10.5. The Morgan fingerprint density at radius 1 is 0.500 bits per heavy atom. The molecule has 148 valence electrons. The maximum atomic E-state index is 2.31. The van der Waals surface area contributed by atoms with Gasteiger partial charge in [0.1, 0.15) is 6.17 Å². The highest BCUT2D eigenvalue weighted by molar-refractivity contribution is 5.62. The number of hydrogen-bond donors (Lipinski definition) is 0. The van der Waals surface area contributed by atoms with Crippen molar-refractivity contribution in [3.05, 3.63) is 143 Å². The van der Waals surface area contributed by atoms with Crippen LogP contribution in [0.3, 0.4) is 0 Å². The lowest BCUT2D eigenvalue weighted by Crippen LogP contribution is -2.32. The summed E-state index contributed by atoms with van der Waals surface area (Å²) in [5.74, 6) is 0. The standard InChI is InChI=1S/C28H26N2/c1-29-27(30(29)2)25-20-12-13-21-26(25)28(22-14-6-3-7-15-22,23-16-8-4-9-17-23)24-18-10-5-11-19-24/h3-21,27H,1-2H3. The van der Waals surface area contributed by atoms with E-state index < -0.39 is 5.41 Å². The molecule has 0 radical (unpaired) electrons. The zero-order valence-electron chi connectivity index (χ0n) is 17.4. The molecule has 0 bridgehead atoms. The maximum absolute atomic E-state index is 2.31. The van der Waals surface area contributed by atoms with Gasteiger partial charge in [0.15, 0.2) is 0 Å². The van der Waals surface area contributed by atoms with Crippen LogP contribution < -0.4 is 0 Å². The van der Waals surface area contributed by atoms with E-state index in [0.717, 1.165) is 0 Å². The molecule has 1 aliphatic rings. The molecule has 0 spiro atoms. The summed E-state index contributed by atoms with van der Waals surface area (Å²) in [7, 11) is 4.30. The zero-order valence-corrected chi connectivity index (χ0v) is 17.4. The first kappa shape index (κ1) is 18.8. The molecule has 0 amide bonds. The first-order valence-electron chi connectivity index (χ1n) is 10.5. The molecule has 0 saturated carbocycles. The Bertz CT molecular complexity index is 1020. The van der Waals surface area contributed by atoms with Crippen LogP contribution in [0.25, 0.3) is 0 Å². The van der Waals surface area contributed by atoms with Crippen LogP contribution in [0, 0.1) is 0 Å². The Morgan fingerprint density at radius 2 is 0.867 bits per heavy atom. The molecule has 1 heterocycles. The quantitative estimate of drug-likeness (QED) is 0.311. The van der Waals surface area contributed by atoms with E-state index in [9.17, 15) is 0 Å². The zero-order chi connectivity index (χ0) is 20.6. The Kier molecular flexibility index (Phi) is 4.74. The van der Waals surface area contributed by atoms with Crippen LogP contribution in [-0.4, -0.2) is 24.1 Å². The molecule has 2 atom stereocenters. The lowest BCUT2D eigenvalue weighted by molar-refractivity contribution is 0.412. The average molecular weight is 391 g/mol. The van der Waals surface area contributed by atoms with E-state index in [1.54, 1.807) is 0 Å². The van der Waals surface area contributed by atoms with Crippen LogP contribution in [0.15, 0.2) is 115 Å². The Labute approximate surface area is 179 Å². The van der Waals surface area contributed by atoms with Gasteiger partial charge in [-0.15, -0.1) is 0 Å². The molecule has 4 aromatic rings. The third-order valence-electron chi connectivity index (χ3n) is 6.41. The van der Waals surface area contributed by atoms with E-state index in [4.69, 9.17) is 0 Å². The highest BCUT2D eigenvalue weighted by Crippen LogP contribution is 2.50. The second-order valence-corrected chi connectivity index (χ2v) is 7.96. The highest BCUT2D eigenvalue weighted by atomic mass is 15.8. The number of hydrazine groups is 1. The summed E-state index contributed by atoms with van der Waals surface area (Å²) < 4.78 is 0. The van der Waals surface area contributed by atoms with E-state index in [1.807, 2.05) is 0 Å². The molecular formula is C28H26N2. The number of nitrogens with zero attached hydrogens (tertiary/aromatic N) is 2. The van der Waals surface area contributed by atoms with Crippen molar-refractivity contribution >= 4 is 0 Å².